The van der Waals surface area contributed by atoms with Crippen LogP contribution in [0.2, 0.25) is 0 Å². The number of aromatic amines is 1. The summed E-state index contributed by atoms with van der Waals surface area (Å²) < 4.78 is 33.1. The molecule has 3 aromatic carbocycles. The molecule has 0 radical (unpaired) electrons. The van der Waals surface area contributed by atoms with E-state index in [0.29, 0.717) is 18.5 Å². The van der Waals surface area contributed by atoms with Gasteiger partial charge in [-0.3, -0.25) is 14.6 Å². The molecule has 1 N–H and O–H groups in total. The van der Waals surface area contributed by atoms with Gasteiger partial charge in [-0.2, -0.15) is 0 Å². The van der Waals surface area contributed by atoms with E-state index >= 15 is 0 Å². The molecule has 37 heavy (non-hydrogen) atoms. The third-order valence-electron chi connectivity index (χ3n) is 7.71. The Hall–Kier alpha value is -3.13. The number of nitrogens with one attached hydrogen (secondary N) is 1. The maximum absolute atomic E-state index is 13.8. The molecule has 4 aromatic rings. The Labute approximate surface area is 214 Å². The summed E-state index contributed by atoms with van der Waals surface area (Å²) >= 11 is 0. The summed E-state index contributed by atoms with van der Waals surface area (Å²) in [4.78, 5) is 19.9. The second kappa shape index (κ2) is 9.97. The van der Waals surface area contributed by atoms with Gasteiger partial charge in [0.2, 0.25) is 0 Å². The molecule has 0 saturated carbocycles. The first-order valence-electron chi connectivity index (χ1n) is 13.0. The Morgan fingerprint density at radius 2 is 1.68 bits per heavy atom. The van der Waals surface area contributed by atoms with Gasteiger partial charge < -0.3 is 9.72 Å². The molecule has 2 saturated heterocycles. The van der Waals surface area contributed by atoms with E-state index in [4.69, 9.17) is 4.74 Å². The Balaban J connectivity index is 1.32. The first-order chi connectivity index (χ1) is 17.9. The Bertz CT molecular complexity index is 1480. The van der Waals surface area contributed by atoms with Crippen LogP contribution < -0.4 is 5.56 Å². The van der Waals surface area contributed by atoms with Crippen LogP contribution >= 0.6 is 0 Å². The number of rotatable bonds is 6. The number of hydrogen-bond donors (Lipinski definition) is 1. The molecule has 2 aliphatic heterocycles. The number of nitrogens with zero attached hydrogens (tertiary/aromatic N) is 2. The molecule has 0 unspecified atom stereocenters. The first kappa shape index (κ1) is 24.2. The van der Waals surface area contributed by atoms with Crippen molar-refractivity contribution < 1.29 is 13.5 Å². The summed E-state index contributed by atoms with van der Waals surface area (Å²) in [7, 11) is 0. The minimum atomic E-state index is -2.63. The fraction of sp³-hybridized carbons (Fsp3) is 0.367. The number of halogens is 2. The zero-order valence-corrected chi connectivity index (χ0v) is 20.8. The molecule has 0 amide bonds. The Morgan fingerprint density at radius 1 is 0.892 bits per heavy atom. The first-order valence-corrected chi connectivity index (χ1v) is 13.0. The molecule has 192 valence electrons. The van der Waals surface area contributed by atoms with Crippen molar-refractivity contribution in [3.63, 3.8) is 0 Å². The monoisotopic (exact) mass is 503 g/mol. The van der Waals surface area contributed by atoms with Gasteiger partial charge in [0, 0.05) is 45.3 Å². The smallest absolute Gasteiger partial charge is 0.261 e. The van der Waals surface area contributed by atoms with E-state index < -0.39 is 5.92 Å². The standard InChI is InChI=1S/C30H31F2N3O2/c31-30(32)9-12-35(20-30)19-25-17-24-7-10-33-29(36)28(24)27-18-23(5-6-26(25)27)22-3-1-21(2-4-22)8-11-34-13-15-37-16-14-34/h1-7,10,17-18H,8-9,11-16,19-20H2,(H,33,36). The molecule has 1 aromatic heterocycles. The lowest BCUT2D eigenvalue weighted by atomic mass is 9.94. The van der Waals surface area contributed by atoms with Gasteiger partial charge in [-0.15, -0.1) is 0 Å². The van der Waals surface area contributed by atoms with Gasteiger partial charge in [0.1, 0.15) is 0 Å². The normalized spacial score (nSPS) is 18.6. The highest BCUT2D eigenvalue weighted by Crippen LogP contribution is 2.34. The van der Waals surface area contributed by atoms with Crippen LogP contribution in [0.15, 0.2) is 65.6 Å². The number of H-pyrrole nitrogens is 1. The zero-order valence-electron chi connectivity index (χ0n) is 20.8. The molecule has 2 aliphatic rings. The quantitative estimate of drug-likeness (QED) is 0.374. The Morgan fingerprint density at radius 3 is 2.43 bits per heavy atom. The average Bonchev–Trinajstić information content (AvgIpc) is 3.26. The third kappa shape index (κ3) is 5.17. The Kier molecular flexibility index (Phi) is 6.53. The number of ether oxygens (including phenoxy) is 1. The van der Waals surface area contributed by atoms with Crippen molar-refractivity contribution in [2.45, 2.75) is 25.3 Å². The molecule has 0 aliphatic carbocycles. The number of aromatic nitrogens is 1. The van der Waals surface area contributed by atoms with Gasteiger partial charge >= 0.3 is 0 Å². The molecule has 7 heteroatoms. The maximum atomic E-state index is 13.8. The minimum absolute atomic E-state index is 0.106. The lowest BCUT2D eigenvalue weighted by molar-refractivity contribution is 0.0115. The van der Waals surface area contributed by atoms with Crippen LogP contribution in [0.1, 0.15) is 17.5 Å². The number of fused-ring (bicyclic) bond motifs is 3. The molecule has 2 fully saturated rings. The SMILES string of the molecule is O=c1[nH]ccc2cc(CN3CCC(F)(F)C3)c3ccc(-c4ccc(CCN5CCOCC5)cc4)cc3c12. The molecular formula is C30H31F2N3O2. The number of morpholine rings is 1. The van der Waals surface area contributed by atoms with E-state index in [2.05, 4.69) is 46.3 Å². The molecule has 6 rings (SSSR count). The van der Waals surface area contributed by atoms with E-state index in [0.717, 1.165) is 72.1 Å². The van der Waals surface area contributed by atoms with Gasteiger partial charge in [-0.1, -0.05) is 36.4 Å². The van der Waals surface area contributed by atoms with Gasteiger partial charge in [0.15, 0.2) is 0 Å². The lowest BCUT2D eigenvalue weighted by Crippen LogP contribution is -2.37. The number of alkyl halides is 2. The van der Waals surface area contributed by atoms with Crippen LogP contribution in [0.25, 0.3) is 32.7 Å². The van der Waals surface area contributed by atoms with Crippen LogP contribution in [0.4, 0.5) is 8.78 Å². The summed E-state index contributed by atoms with van der Waals surface area (Å²) in [5.41, 5.74) is 4.24. The molecule has 3 heterocycles. The van der Waals surface area contributed by atoms with Crippen LogP contribution in [0, 0.1) is 0 Å². The van der Waals surface area contributed by atoms with Crippen LogP contribution in [0.5, 0.6) is 0 Å². The summed E-state index contributed by atoms with van der Waals surface area (Å²) in [6.07, 6.45) is 2.53. The predicted molar refractivity (Wildman–Crippen MR) is 143 cm³/mol. The van der Waals surface area contributed by atoms with Crippen molar-refractivity contribution in [2.75, 3.05) is 45.9 Å². The lowest BCUT2D eigenvalue weighted by Gasteiger charge is -2.26. The van der Waals surface area contributed by atoms with Gasteiger partial charge in [0.05, 0.1) is 25.1 Å². The highest BCUT2D eigenvalue weighted by Gasteiger charge is 2.38. The fourth-order valence-corrected chi connectivity index (χ4v) is 5.66. The van der Waals surface area contributed by atoms with Crippen molar-refractivity contribution >= 4 is 21.5 Å². The molecule has 0 bridgehead atoms. The summed E-state index contributed by atoms with van der Waals surface area (Å²) in [5, 5.41) is 3.25. The zero-order chi connectivity index (χ0) is 25.4. The maximum Gasteiger partial charge on any atom is 0.261 e. The van der Waals surface area contributed by atoms with Crippen LogP contribution in [-0.4, -0.2) is 66.6 Å². The van der Waals surface area contributed by atoms with E-state index in [9.17, 15) is 13.6 Å². The van der Waals surface area contributed by atoms with E-state index in [1.54, 1.807) is 11.1 Å². The molecular weight excluding hydrogens is 472 g/mol. The van der Waals surface area contributed by atoms with Gasteiger partial charge in [-0.05, 0) is 63.0 Å². The van der Waals surface area contributed by atoms with E-state index in [1.165, 1.54) is 5.56 Å². The van der Waals surface area contributed by atoms with Crippen molar-refractivity contribution in [1.82, 2.24) is 14.8 Å². The fourth-order valence-electron chi connectivity index (χ4n) is 5.66. The van der Waals surface area contributed by atoms with Gasteiger partial charge in [0.25, 0.3) is 11.5 Å². The van der Waals surface area contributed by atoms with Crippen LogP contribution in [-0.2, 0) is 17.7 Å². The molecule has 0 atom stereocenters. The van der Waals surface area contributed by atoms with Crippen molar-refractivity contribution in [2.24, 2.45) is 0 Å². The van der Waals surface area contributed by atoms with E-state index in [1.807, 2.05) is 18.2 Å². The summed E-state index contributed by atoms with van der Waals surface area (Å²) in [6.45, 7) is 5.21. The van der Waals surface area contributed by atoms with E-state index in [-0.39, 0.29) is 18.5 Å². The third-order valence-corrected chi connectivity index (χ3v) is 7.71. The highest BCUT2D eigenvalue weighted by atomic mass is 19.3. The van der Waals surface area contributed by atoms with Crippen molar-refractivity contribution in [3.05, 3.63) is 82.3 Å². The predicted octanol–water partition coefficient (Wildman–Crippen LogP) is 5.06. The number of hydrogen-bond acceptors (Lipinski definition) is 4. The second-order valence-electron chi connectivity index (χ2n) is 10.3. The minimum Gasteiger partial charge on any atom is -0.379 e. The highest BCUT2D eigenvalue weighted by molar-refractivity contribution is 6.09. The number of pyridine rings is 1. The van der Waals surface area contributed by atoms with Crippen molar-refractivity contribution in [1.29, 1.82) is 0 Å². The van der Waals surface area contributed by atoms with Gasteiger partial charge in [-0.25, -0.2) is 8.78 Å². The molecule has 5 nitrogen and oxygen atoms in total. The topological polar surface area (TPSA) is 48.6 Å². The molecule has 0 spiro atoms. The number of likely N-dealkylation sites (tertiary alicyclic amines) is 1. The number of benzene rings is 3. The second-order valence-corrected chi connectivity index (χ2v) is 10.3. The van der Waals surface area contributed by atoms with Crippen LogP contribution in [0.3, 0.4) is 0 Å². The average molecular weight is 504 g/mol. The summed E-state index contributed by atoms with van der Waals surface area (Å²) in [6, 6.07) is 18.7. The largest absolute Gasteiger partial charge is 0.379 e. The summed E-state index contributed by atoms with van der Waals surface area (Å²) in [5.74, 6) is -2.63. The van der Waals surface area contributed by atoms with Crippen molar-refractivity contribution in [3.8, 4) is 11.1 Å².